The van der Waals surface area contributed by atoms with Gasteiger partial charge in [-0.2, -0.15) is 5.10 Å². The molecule has 0 aromatic carbocycles. The minimum atomic E-state index is -0.180. The number of rotatable bonds is 1. The highest BCUT2D eigenvalue weighted by atomic mass is 16.2. The van der Waals surface area contributed by atoms with Crippen LogP contribution in [0.2, 0.25) is 0 Å². The van der Waals surface area contributed by atoms with Crippen molar-refractivity contribution < 1.29 is 9.59 Å². The van der Waals surface area contributed by atoms with E-state index < -0.39 is 0 Å². The summed E-state index contributed by atoms with van der Waals surface area (Å²) in [5.41, 5.74) is 1.11. The lowest BCUT2D eigenvalue weighted by atomic mass is 10.3. The molecule has 17 heavy (non-hydrogen) atoms. The minimum Gasteiger partial charge on any atom is -0.343 e. The van der Waals surface area contributed by atoms with Crippen molar-refractivity contribution in [2.75, 3.05) is 27.7 Å². The molecule has 1 aromatic rings. The Bertz CT molecular complexity index is 464. The number of fused-ring (bicyclic) bond motifs is 1. The Kier molecular flexibility index (Phi) is 2.97. The molecule has 0 fully saturated rings. The highest BCUT2D eigenvalue weighted by Crippen LogP contribution is 2.13. The average Bonchev–Trinajstić information content (AvgIpc) is 2.63. The molecule has 6 nitrogen and oxygen atoms in total. The van der Waals surface area contributed by atoms with E-state index in [1.807, 2.05) is 11.9 Å². The second-order valence-corrected chi connectivity index (χ2v) is 4.51. The number of carbonyl (C=O) groups excluding carboxylic acids is 2. The molecule has 0 N–H and O–H groups in total. The summed E-state index contributed by atoms with van der Waals surface area (Å²) in [6.07, 6.45) is 0.431. The lowest BCUT2D eigenvalue weighted by molar-refractivity contribution is 0.0819. The lowest BCUT2D eigenvalue weighted by Gasteiger charge is -2.10. The van der Waals surface area contributed by atoms with Gasteiger partial charge in [0.25, 0.3) is 5.91 Å². The first-order chi connectivity index (χ1) is 7.99. The Labute approximate surface area is 99.8 Å². The Hall–Kier alpha value is -1.69. The molecule has 2 heterocycles. The summed E-state index contributed by atoms with van der Waals surface area (Å²) in [6, 6.07) is 1.70. The maximum absolute atomic E-state index is 11.8. The van der Waals surface area contributed by atoms with E-state index in [2.05, 4.69) is 5.10 Å². The third-order valence-electron chi connectivity index (χ3n) is 2.78. The fourth-order valence-corrected chi connectivity index (χ4v) is 1.83. The van der Waals surface area contributed by atoms with E-state index in [1.165, 1.54) is 9.58 Å². The van der Waals surface area contributed by atoms with E-state index in [9.17, 15) is 9.59 Å². The fraction of sp³-hybridized carbons (Fsp3) is 0.545. The van der Waals surface area contributed by atoms with Crippen molar-refractivity contribution in [3.05, 3.63) is 17.5 Å². The van der Waals surface area contributed by atoms with Crippen LogP contribution in [0.3, 0.4) is 0 Å². The normalized spacial score (nSPS) is 16.5. The van der Waals surface area contributed by atoms with Crippen molar-refractivity contribution in [1.29, 1.82) is 0 Å². The van der Waals surface area contributed by atoms with Crippen LogP contribution in [0.15, 0.2) is 6.07 Å². The summed E-state index contributed by atoms with van der Waals surface area (Å²) in [5, 5.41) is 4.10. The molecule has 0 atom stereocenters. The molecule has 1 aliphatic rings. The number of carbonyl (C=O) groups is 2. The SMILES string of the molecule is CN1CCC(=O)n2nc(C(=O)N(C)C)cc2C1. The van der Waals surface area contributed by atoms with E-state index in [0.717, 1.165) is 12.2 Å². The van der Waals surface area contributed by atoms with Crippen LogP contribution in [0.4, 0.5) is 0 Å². The minimum absolute atomic E-state index is 0.0536. The van der Waals surface area contributed by atoms with Crippen molar-refractivity contribution >= 4 is 11.8 Å². The lowest BCUT2D eigenvalue weighted by Crippen LogP contribution is -2.23. The standard InChI is InChI=1S/C11H16N4O2/c1-13(2)11(17)9-6-8-7-14(3)5-4-10(16)15(8)12-9/h6H,4-5,7H2,1-3H3. The van der Waals surface area contributed by atoms with Gasteiger partial charge in [-0.3, -0.25) is 9.59 Å². The van der Waals surface area contributed by atoms with Crippen LogP contribution < -0.4 is 0 Å². The molecule has 0 bridgehead atoms. The Balaban J connectivity index is 2.37. The molecule has 2 rings (SSSR count). The molecule has 1 aliphatic heterocycles. The maximum atomic E-state index is 11.8. The van der Waals surface area contributed by atoms with Gasteiger partial charge < -0.3 is 9.80 Å². The van der Waals surface area contributed by atoms with Crippen LogP contribution in [0.1, 0.15) is 27.4 Å². The zero-order valence-electron chi connectivity index (χ0n) is 10.3. The first-order valence-corrected chi connectivity index (χ1v) is 5.51. The van der Waals surface area contributed by atoms with Gasteiger partial charge in [-0.05, 0) is 13.1 Å². The van der Waals surface area contributed by atoms with Crippen LogP contribution in [0.5, 0.6) is 0 Å². The van der Waals surface area contributed by atoms with E-state index in [-0.39, 0.29) is 11.8 Å². The molecule has 1 aromatic heterocycles. The highest BCUT2D eigenvalue weighted by Gasteiger charge is 2.22. The summed E-state index contributed by atoms with van der Waals surface area (Å²) in [7, 11) is 5.28. The fourth-order valence-electron chi connectivity index (χ4n) is 1.83. The molecular formula is C11H16N4O2. The Morgan fingerprint density at radius 2 is 2.18 bits per heavy atom. The van der Waals surface area contributed by atoms with Gasteiger partial charge in [0.2, 0.25) is 5.91 Å². The number of hydrogen-bond donors (Lipinski definition) is 0. The molecule has 1 amide bonds. The number of nitrogens with zero attached hydrogens (tertiary/aromatic N) is 4. The molecular weight excluding hydrogens is 220 g/mol. The molecule has 0 saturated carbocycles. The second-order valence-electron chi connectivity index (χ2n) is 4.51. The first kappa shape index (κ1) is 11.8. The van der Waals surface area contributed by atoms with Gasteiger partial charge in [0.1, 0.15) is 0 Å². The second kappa shape index (κ2) is 4.29. The van der Waals surface area contributed by atoms with Crippen LogP contribution in [0.25, 0.3) is 0 Å². The monoisotopic (exact) mass is 236 g/mol. The molecule has 0 aliphatic carbocycles. The largest absolute Gasteiger partial charge is 0.343 e. The number of hydrogen-bond acceptors (Lipinski definition) is 4. The third-order valence-corrected chi connectivity index (χ3v) is 2.78. The topological polar surface area (TPSA) is 58.4 Å². The van der Waals surface area contributed by atoms with Crippen LogP contribution >= 0.6 is 0 Å². The van der Waals surface area contributed by atoms with Gasteiger partial charge in [0, 0.05) is 33.6 Å². The predicted octanol–water partition coefficient (Wildman–Crippen LogP) is 0.0606. The molecule has 0 saturated heterocycles. The van der Waals surface area contributed by atoms with Gasteiger partial charge >= 0.3 is 0 Å². The third kappa shape index (κ3) is 2.21. The first-order valence-electron chi connectivity index (χ1n) is 5.51. The summed E-state index contributed by atoms with van der Waals surface area (Å²) in [5.74, 6) is -0.233. The molecule has 6 heteroatoms. The van der Waals surface area contributed by atoms with Crippen molar-refractivity contribution in [3.8, 4) is 0 Å². The molecule has 0 spiro atoms. The molecule has 0 unspecified atom stereocenters. The van der Waals surface area contributed by atoms with Gasteiger partial charge in [0.05, 0.1) is 5.69 Å². The summed E-state index contributed by atoms with van der Waals surface area (Å²) in [6.45, 7) is 1.36. The van der Waals surface area contributed by atoms with Gasteiger partial charge in [-0.15, -0.1) is 0 Å². The summed E-state index contributed by atoms with van der Waals surface area (Å²) < 4.78 is 1.36. The molecule has 0 radical (unpaired) electrons. The van der Waals surface area contributed by atoms with Crippen molar-refractivity contribution in [3.63, 3.8) is 0 Å². The van der Waals surface area contributed by atoms with Crippen molar-refractivity contribution in [1.82, 2.24) is 19.6 Å². The van der Waals surface area contributed by atoms with Crippen LogP contribution in [-0.4, -0.2) is 59.1 Å². The van der Waals surface area contributed by atoms with Crippen molar-refractivity contribution in [2.24, 2.45) is 0 Å². The number of amides is 1. The smallest absolute Gasteiger partial charge is 0.273 e. The van der Waals surface area contributed by atoms with E-state index in [1.54, 1.807) is 20.2 Å². The Morgan fingerprint density at radius 3 is 2.82 bits per heavy atom. The van der Waals surface area contributed by atoms with Gasteiger partial charge in [-0.25, -0.2) is 4.68 Å². The number of aromatic nitrogens is 2. The maximum Gasteiger partial charge on any atom is 0.273 e. The summed E-state index contributed by atoms with van der Waals surface area (Å²) >= 11 is 0. The van der Waals surface area contributed by atoms with Crippen LogP contribution in [0, 0.1) is 0 Å². The van der Waals surface area contributed by atoms with E-state index >= 15 is 0 Å². The van der Waals surface area contributed by atoms with Crippen LogP contribution in [-0.2, 0) is 6.54 Å². The predicted molar refractivity (Wildman–Crippen MR) is 61.8 cm³/mol. The molecule has 92 valence electrons. The average molecular weight is 236 g/mol. The van der Waals surface area contributed by atoms with Gasteiger partial charge in [-0.1, -0.05) is 0 Å². The van der Waals surface area contributed by atoms with E-state index in [4.69, 9.17) is 0 Å². The highest BCUT2D eigenvalue weighted by molar-refractivity contribution is 5.93. The van der Waals surface area contributed by atoms with Gasteiger partial charge in [0.15, 0.2) is 5.69 Å². The zero-order valence-corrected chi connectivity index (χ0v) is 10.3. The van der Waals surface area contributed by atoms with E-state index in [0.29, 0.717) is 18.7 Å². The van der Waals surface area contributed by atoms with Crippen molar-refractivity contribution in [2.45, 2.75) is 13.0 Å². The quantitative estimate of drug-likeness (QED) is 0.692. The zero-order chi connectivity index (χ0) is 12.6. The summed E-state index contributed by atoms with van der Waals surface area (Å²) in [4.78, 5) is 27.1. The Morgan fingerprint density at radius 1 is 1.47 bits per heavy atom.